The fraction of sp³-hybridized carbons (Fsp3) is 0.320. The van der Waals surface area contributed by atoms with Gasteiger partial charge in [0, 0.05) is 23.7 Å². The Morgan fingerprint density at radius 2 is 1.88 bits per heavy atom. The zero-order valence-corrected chi connectivity index (χ0v) is 20.8. The first kappa shape index (κ1) is 23.2. The molecule has 6 nitrogen and oxygen atoms in total. The van der Waals surface area contributed by atoms with Crippen LogP contribution in [0.25, 0.3) is 6.08 Å². The molecule has 8 heteroatoms. The minimum atomic E-state index is -1.08. The van der Waals surface area contributed by atoms with Crippen molar-refractivity contribution in [1.29, 1.82) is 0 Å². The van der Waals surface area contributed by atoms with E-state index in [-0.39, 0.29) is 11.1 Å². The van der Waals surface area contributed by atoms with Gasteiger partial charge in [0.15, 0.2) is 4.80 Å². The molecule has 1 unspecified atom stereocenters. The summed E-state index contributed by atoms with van der Waals surface area (Å²) < 4.78 is 2.13. The highest BCUT2D eigenvalue weighted by molar-refractivity contribution is 7.10. The van der Waals surface area contributed by atoms with Gasteiger partial charge in [-0.1, -0.05) is 36.5 Å². The number of anilines is 1. The summed E-state index contributed by atoms with van der Waals surface area (Å²) in [6.45, 7) is 9.74. The van der Waals surface area contributed by atoms with Crippen molar-refractivity contribution in [3.05, 3.63) is 83.2 Å². The van der Waals surface area contributed by atoms with Gasteiger partial charge in [0.1, 0.15) is 5.54 Å². The molecule has 0 radical (unpaired) electrons. The van der Waals surface area contributed by atoms with E-state index in [9.17, 15) is 14.7 Å². The van der Waals surface area contributed by atoms with E-state index < -0.39 is 11.5 Å². The van der Waals surface area contributed by atoms with Gasteiger partial charge < -0.3 is 10.0 Å². The number of aromatic nitrogens is 1. The third-order valence-electron chi connectivity index (χ3n) is 6.20. The van der Waals surface area contributed by atoms with Gasteiger partial charge in [-0.2, -0.15) is 0 Å². The van der Waals surface area contributed by atoms with Crippen molar-refractivity contribution in [3.8, 4) is 0 Å². The van der Waals surface area contributed by atoms with Crippen LogP contribution in [0.1, 0.15) is 44.6 Å². The third-order valence-corrected chi connectivity index (χ3v) is 8.19. The molecule has 0 amide bonds. The third kappa shape index (κ3) is 3.77. The SMILES string of the molecule is CCN(CC)c1ccc(/C=c2\sc3n(c2=O)C(CC)(c2cccs2)C(C(=O)O)=C(C)N=3)cc1. The molecule has 0 bridgehead atoms. The Hall–Kier alpha value is -2.97. The van der Waals surface area contributed by atoms with Crippen LogP contribution in [-0.2, 0) is 10.3 Å². The first-order chi connectivity index (χ1) is 15.9. The van der Waals surface area contributed by atoms with Crippen LogP contribution in [0.3, 0.4) is 0 Å². The summed E-state index contributed by atoms with van der Waals surface area (Å²) in [6, 6.07) is 11.9. The van der Waals surface area contributed by atoms with Crippen LogP contribution < -0.4 is 19.8 Å². The van der Waals surface area contributed by atoms with Crippen LogP contribution in [0.5, 0.6) is 0 Å². The summed E-state index contributed by atoms with van der Waals surface area (Å²) in [5.41, 5.74) is 1.37. The number of allylic oxidation sites excluding steroid dienone is 1. The molecule has 1 atom stereocenters. The molecular formula is C25H27N3O3S2. The molecule has 3 aromatic rings. The fourth-order valence-corrected chi connectivity index (χ4v) is 6.68. The number of fused-ring (bicyclic) bond motifs is 1. The van der Waals surface area contributed by atoms with Crippen LogP contribution in [0, 0.1) is 0 Å². The number of benzene rings is 1. The minimum Gasteiger partial charge on any atom is -0.478 e. The number of hydrogen-bond acceptors (Lipinski definition) is 6. The Kier molecular flexibility index (Phi) is 6.41. The molecule has 1 aliphatic rings. The zero-order chi connectivity index (χ0) is 23.8. The van der Waals surface area contributed by atoms with Crippen LogP contribution in [0.4, 0.5) is 5.69 Å². The van der Waals surface area contributed by atoms with E-state index in [2.05, 4.69) is 35.9 Å². The predicted octanol–water partition coefficient (Wildman–Crippen LogP) is 3.79. The first-order valence-electron chi connectivity index (χ1n) is 11.0. The van der Waals surface area contributed by atoms with Crippen molar-refractivity contribution < 1.29 is 9.90 Å². The van der Waals surface area contributed by atoms with E-state index in [0.29, 0.717) is 21.5 Å². The predicted molar refractivity (Wildman–Crippen MR) is 135 cm³/mol. The number of rotatable bonds is 7. The lowest BCUT2D eigenvalue weighted by atomic mass is 9.83. The Labute approximate surface area is 200 Å². The number of thiophene rings is 1. The fourth-order valence-electron chi connectivity index (χ4n) is 4.61. The van der Waals surface area contributed by atoms with E-state index in [0.717, 1.165) is 29.2 Å². The second kappa shape index (κ2) is 9.11. The summed E-state index contributed by atoms with van der Waals surface area (Å²) in [6.07, 6.45) is 2.30. The van der Waals surface area contributed by atoms with Crippen LogP contribution in [0.15, 0.2) is 62.8 Å². The molecule has 0 aliphatic carbocycles. The molecule has 0 spiro atoms. The normalized spacial score (nSPS) is 18.2. The lowest BCUT2D eigenvalue weighted by molar-refractivity contribution is -0.133. The summed E-state index contributed by atoms with van der Waals surface area (Å²) >= 11 is 2.77. The molecule has 1 aromatic carbocycles. The molecule has 33 heavy (non-hydrogen) atoms. The lowest BCUT2D eigenvalue weighted by Crippen LogP contribution is -2.52. The second-order valence-corrected chi connectivity index (χ2v) is 9.82. The second-order valence-electron chi connectivity index (χ2n) is 7.87. The molecular weight excluding hydrogens is 454 g/mol. The van der Waals surface area contributed by atoms with Crippen LogP contribution in [0.2, 0.25) is 0 Å². The Morgan fingerprint density at radius 1 is 1.18 bits per heavy atom. The van der Waals surface area contributed by atoms with Crippen LogP contribution in [-0.4, -0.2) is 28.7 Å². The number of thiazole rings is 1. The number of carboxylic acid groups (broad SMARTS) is 1. The Balaban J connectivity index is 1.92. The average molecular weight is 482 g/mol. The Bertz CT molecular complexity index is 1380. The van der Waals surface area contributed by atoms with Gasteiger partial charge in [-0.15, -0.1) is 11.3 Å². The van der Waals surface area contributed by atoms with Gasteiger partial charge in [0.05, 0.1) is 15.8 Å². The molecule has 2 aromatic heterocycles. The molecule has 3 heterocycles. The maximum atomic E-state index is 13.7. The largest absolute Gasteiger partial charge is 0.478 e. The van der Waals surface area contributed by atoms with Crippen molar-refractivity contribution in [2.45, 2.75) is 39.7 Å². The van der Waals surface area contributed by atoms with E-state index in [1.807, 2.05) is 42.6 Å². The maximum Gasteiger partial charge on any atom is 0.336 e. The summed E-state index contributed by atoms with van der Waals surface area (Å²) in [5, 5.41) is 12.0. The number of nitrogens with zero attached hydrogens (tertiary/aromatic N) is 3. The van der Waals surface area contributed by atoms with E-state index in [1.54, 1.807) is 11.5 Å². The number of hydrogen-bond donors (Lipinski definition) is 1. The lowest BCUT2D eigenvalue weighted by Gasteiger charge is -2.36. The van der Waals surface area contributed by atoms with Gasteiger partial charge in [-0.3, -0.25) is 9.36 Å². The molecule has 0 saturated heterocycles. The van der Waals surface area contributed by atoms with Gasteiger partial charge in [0.25, 0.3) is 5.56 Å². The molecule has 1 aliphatic heterocycles. The van der Waals surface area contributed by atoms with Crippen molar-refractivity contribution in [2.24, 2.45) is 4.99 Å². The summed E-state index contributed by atoms with van der Waals surface area (Å²) in [4.78, 5) is 34.2. The van der Waals surface area contributed by atoms with Crippen molar-refractivity contribution in [2.75, 3.05) is 18.0 Å². The molecule has 0 saturated carbocycles. The van der Waals surface area contributed by atoms with Crippen molar-refractivity contribution in [1.82, 2.24) is 4.57 Å². The molecule has 1 N–H and O–H groups in total. The average Bonchev–Trinajstić information content (AvgIpc) is 3.44. The topological polar surface area (TPSA) is 74.9 Å². The highest BCUT2D eigenvalue weighted by atomic mass is 32.1. The maximum absolute atomic E-state index is 13.7. The minimum absolute atomic E-state index is 0.162. The summed E-state index contributed by atoms with van der Waals surface area (Å²) in [7, 11) is 0. The quantitative estimate of drug-likeness (QED) is 0.557. The molecule has 0 fully saturated rings. The van der Waals surface area contributed by atoms with Gasteiger partial charge >= 0.3 is 5.97 Å². The van der Waals surface area contributed by atoms with E-state index in [1.165, 1.54) is 22.7 Å². The Morgan fingerprint density at radius 3 is 2.42 bits per heavy atom. The number of carboxylic acids is 1. The first-order valence-corrected chi connectivity index (χ1v) is 12.7. The molecule has 172 valence electrons. The summed E-state index contributed by atoms with van der Waals surface area (Å²) in [5.74, 6) is -1.05. The number of aliphatic carboxylic acids is 1. The molecule has 4 rings (SSSR count). The van der Waals surface area contributed by atoms with Gasteiger partial charge in [-0.05, 0) is 62.4 Å². The smallest absolute Gasteiger partial charge is 0.336 e. The highest BCUT2D eigenvalue weighted by Gasteiger charge is 2.46. The van der Waals surface area contributed by atoms with Gasteiger partial charge in [0.2, 0.25) is 0 Å². The van der Waals surface area contributed by atoms with E-state index in [4.69, 9.17) is 0 Å². The van der Waals surface area contributed by atoms with Crippen molar-refractivity contribution >= 4 is 40.4 Å². The van der Waals surface area contributed by atoms with Gasteiger partial charge in [-0.25, -0.2) is 9.79 Å². The highest BCUT2D eigenvalue weighted by Crippen LogP contribution is 2.41. The van der Waals surface area contributed by atoms with Crippen molar-refractivity contribution in [3.63, 3.8) is 0 Å². The number of carbonyl (C=O) groups is 1. The zero-order valence-electron chi connectivity index (χ0n) is 19.2. The van der Waals surface area contributed by atoms with E-state index >= 15 is 0 Å². The monoisotopic (exact) mass is 481 g/mol. The van der Waals surface area contributed by atoms with Crippen LogP contribution >= 0.6 is 22.7 Å². The standard InChI is InChI=1S/C25H27N3O3S2/c1-5-25(20-9-8-14-32-20)21(23(30)31)16(4)26-24-28(25)22(29)19(33-24)15-17-10-12-18(13-11-17)27(6-2)7-3/h8-15H,5-7H2,1-4H3,(H,30,31)/b19-15-.